The molecule has 1 atom stereocenters. The summed E-state index contributed by atoms with van der Waals surface area (Å²) >= 11 is 3.51. The Hall–Kier alpha value is -0.550. The summed E-state index contributed by atoms with van der Waals surface area (Å²) < 4.78 is 0. The predicted octanol–water partition coefficient (Wildman–Crippen LogP) is 3.45. The zero-order valence-corrected chi connectivity index (χ0v) is 13.1. The number of rotatable bonds is 2. The summed E-state index contributed by atoms with van der Waals surface area (Å²) in [4.78, 5) is 9.08. The van der Waals surface area contributed by atoms with Crippen LogP contribution < -0.4 is 5.32 Å². The molecule has 0 amide bonds. The van der Waals surface area contributed by atoms with Gasteiger partial charge in [0.25, 0.3) is 0 Å². The maximum atomic E-state index is 4.64. The van der Waals surface area contributed by atoms with Gasteiger partial charge < -0.3 is 5.32 Å². The van der Waals surface area contributed by atoms with Crippen molar-refractivity contribution in [2.45, 2.75) is 46.7 Å². The molecule has 1 N–H and O–H groups in total. The van der Waals surface area contributed by atoms with Crippen LogP contribution in [-0.4, -0.2) is 21.9 Å². The fourth-order valence-electron chi connectivity index (χ4n) is 1.91. The Bertz CT molecular complexity index is 432. The Labute approximate surface area is 118 Å². The number of amidine groups is 1. The minimum atomic E-state index is 0.291. The fourth-order valence-corrected chi connectivity index (χ4v) is 3.44. The topological polar surface area (TPSA) is 37.3 Å². The van der Waals surface area contributed by atoms with Crippen molar-refractivity contribution in [2.24, 2.45) is 10.4 Å². The predicted molar refractivity (Wildman–Crippen MR) is 81.4 cm³/mol. The Kier molecular flexibility index (Phi) is 4.33. The van der Waals surface area contributed by atoms with Crippen molar-refractivity contribution in [1.82, 2.24) is 10.3 Å². The zero-order valence-electron chi connectivity index (χ0n) is 11.5. The molecule has 3 nitrogen and oxygen atoms in total. The molecule has 1 aliphatic rings. The van der Waals surface area contributed by atoms with Gasteiger partial charge in [0, 0.05) is 17.2 Å². The van der Waals surface area contributed by atoms with E-state index in [1.165, 1.54) is 6.42 Å². The molecule has 1 saturated heterocycles. The number of nitrogens with zero attached hydrogens (tertiary/aromatic N) is 2. The number of thioether (sulfide) groups is 1. The molecule has 1 fully saturated rings. The highest BCUT2D eigenvalue weighted by molar-refractivity contribution is 8.13. The molecule has 2 heterocycles. The van der Waals surface area contributed by atoms with Crippen LogP contribution in [0.5, 0.6) is 0 Å². The van der Waals surface area contributed by atoms with Gasteiger partial charge in [0.2, 0.25) is 0 Å². The highest BCUT2D eigenvalue weighted by atomic mass is 32.2. The minimum absolute atomic E-state index is 0.291. The van der Waals surface area contributed by atoms with Gasteiger partial charge in [-0.25, -0.2) is 4.98 Å². The summed E-state index contributed by atoms with van der Waals surface area (Å²) in [7, 11) is 0. The third-order valence-electron chi connectivity index (χ3n) is 3.04. The summed E-state index contributed by atoms with van der Waals surface area (Å²) in [6.45, 7) is 9.56. The van der Waals surface area contributed by atoms with Crippen molar-refractivity contribution >= 4 is 28.3 Å². The second kappa shape index (κ2) is 5.61. The smallest absolute Gasteiger partial charge is 0.157 e. The van der Waals surface area contributed by atoms with Crippen LogP contribution in [0.3, 0.4) is 0 Å². The number of aryl methyl sites for hydroxylation is 1. The van der Waals surface area contributed by atoms with E-state index in [-0.39, 0.29) is 0 Å². The molecule has 0 aliphatic carbocycles. The summed E-state index contributed by atoms with van der Waals surface area (Å²) in [5.74, 6) is 1.16. The van der Waals surface area contributed by atoms with E-state index in [1.807, 2.05) is 18.7 Å². The number of nitrogens with one attached hydrogen (secondary N) is 1. The Balaban J connectivity index is 1.96. The molecule has 1 unspecified atom stereocenters. The van der Waals surface area contributed by atoms with Crippen molar-refractivity contribution in [1.29, 1.82) is 0 Å². The van der Waals surface area contributed by atoms with Gasteiger partial charge >= 0.3 is 0 Å². The maximum Gasteiger partial charge on any atom is 0.157 e. The lowest BCUT2D eigenvalue weighted by molar-refractivity contribution is 0.290. The first-order chi connectivity index (χ1) is 8.45. The minimum Gasteiger partial charge on any atom is -0.362 e. The summed E-state index contributed by atoms with van der Waals surface area (Å²) in [6, 6.07) is 0.523. The molecule has 0 bridgehead atoms. The second-order valence-corrected chi connectivity index (χ2v) is 7.83. The van der Waals surface area contributed by atoms with Crippen molar-refractivity contribution < 1.29 is 0 Å². The lowest BCUT2D eigenvalue weighted by Crippen LogP contribution is -2.46. The van der Waals surface area contributed by atoms with Gasteiger partial charge in [0.1, 0.15) is 0 Å². The van der Waals surface area contributed by atoms with Gasteiger partial charge in [-0.1, -0.05) is 32.5 Å². The zero-order chi connectivity index (χ0) is 13.2. The Morgan fingerprint density at radius 1 is 1.50 bits per heavy atom. The SMILES string of the molecule is Cc1nc(CN=C2NC(C(C)(C)C)CCS2)cs1. The van der Waals surface area contributed by atoms with E-state index in [0.29, 0.717) is 18.0 Å². The van der Waals surface area contributed by atoms with E-state index in [2.05, 4.69) is 41.4 Å². The molecule has 0 radical (unpaired) electrons. The van der Waals surface area contributed by atoms with Crippen LogP contribution in [-0.2, 0) is 6.54 Å². The van der Waals surface area contributed by atoms with E-state index in [4.69, 9.17) is 0 Å². The first kappa shape index (κ1) is 13.9. The molecule has 2 rings (SSSR count). The molecule has 100 valence electrons. The molecule has 1 aromatic heterocycles. The van der Waals surface area contributed by atoms with Crippen molar-refractivity contribution in [3.63, 3.8) is 0 Å². The Morgan fingerprint density at radius 2 is 2.28 bits per heavy atom. The fraction of sp³-hybridized carbons (Fsp3) is 0.692. The monoisotopic (exact) mass is 283 g/mol. The van der Waals surface area contributed by atoms with Crippen LogP contribution in [0.4, 0.5) is 0 Å². The third kappa shape index (κ3) is 3.72. The normalized spacial score (nSPS) is 23.1. The molecule has 0 spiro atoms. The summed E-state index contributed by atoms with van der Waals surface area (Å²) in [6.07, 6.45) is 1.21. The third-order valence-corrected chi connectivity index (χ3v) is 4.82. The lowest BCUT2D eigenvalue weighted by atomic mass is 9.85. The van der Waals surface area contributed by atoms with Gasteiger partial charge in [0.05, 0.1) is 17.2 Å². The molecule has 1 aliphatic heterocycles. The van der Waals surface area contributed by atoms with E-state index in [1.54, 1.807) is 11.3 Å². The second-order valence-electron chi connectivity index (χ2n) is 5.68. The highest BCUT2D eigenvalue weighted by Gasteiger charge is 2.28. The number of hydrogen-bond acceptors (Lipinski definition) is 4. The number of thiazole rings is 1. The number of aliphatic imine (C=N–C) groups is 1. The molecule has 0 aromatic carbocycles. The van der Waals surface area contributed by atoms with Crippen LogP contribution in [0, 0.1) is 12.3 Å². The van der Waals surface area contributed by atoms with E-state index >= 15 is 0 Å². The first-order valence-corrected chi connectivity index (χ1v) is 8.16. The summed E-state index contributed by atoms with van der Waals surface area (Å²) in [5, 5.41) is 7.84. The largest absolute Gasteiger partial charge is 0.362 e. The highest BCUT2D eigenvalue weighted by Crippen LogP contribution is 2.27. The van der Waals surface area contributed by atoms with Crippen LogP contribution in [0.15, 0.2) is 10.4 Å². The van der Waals surface area contributed by atoms with Crippen LogP contribution in [0.2, 0.25) is 0 Å². The Morgan fingerprint density at radius 3 is 2.89 bits per heavy atom. The molecule has 0 saturated carbocycles. The molecular weight excluding hydrogens is 262 g/mol. The average Bonchev–Trinajstić information content (AvgIpc) is 2.72. The quantitative estimate of drug-likeness (QED) is 0.903. The average molecular weight is 283 g/mol. The van der Waals surface area contributed by atoms with Crippen LogP contribution in [0.25, 0.3) is 0 Å². The van der Waals surface area contributed by atoms with Gasteiger partial charge in [-0.15, -0.1) is 11.3 Å². The molecule has 1 aromatic rings. The van der Waals surface area contributed by atoms with E-state index < -0.39 is 0 Å². The van der Waals surface area contributed by atoms with Gasteiger partial charge in [0.15, 0.2) is 5.17 Å². The van der Waals surface area contributed by atoms with Gasteiger partial charge in [-0.2, -0.15) is 0 Å². The molecular formula is C13H21N3S2. The van der Waals surface area contributed by atoms with Crippen molar-refractivity contribution in [2.75, 3.05) is 5.75 Å². The number of aromatic nitrogens is 1. The van der Waals surface area contributed by atoms with Crippen molar-refractivity contribution in [3.8, 4) is 0 Å². The van der Waals surface area contributed by atoms with Gasteiger partial charge in [-0.05, 0) is 18.8 Å². The van der Waals surface area contributed by atoms with Gasteiger partial charge in [-0.3, -0.25) is 4.99 Å². The standard InChI is InChI=1S/C13H21N3S2/c1-9-15-10(8-18-9)7-14-12-16-11(5-6-17-12)13(2,3)4/h8,11H,5-7H2,1-4H3,(H,14,16). The van der Waals surface area contributed by atoms with Crippen LogP contribution >= 0.6 is 23.1 Å². The first-order valence-electron chi connectivity index (χ1n) is 6.30. The van der Waals surface area contributed by atoms with E-state index in [9.17, 15) is 0 Å². The molecule has 5 heteroatoms. The molecule has 18 heavy (non-hydrogen) atoms. The van der Waals surface area contributed by atoms with E-state index in [0.717, 1.165) is 21.6 Å². The summed E-state index contributed by atoms with van der Waals surface area (Å²) in [5.41, 5.74) is 1.36. The lowest BCUT2D eigenvalue weighted by Gasteiger charge is -2.35. The van der Waals surface area contributed by atoms with Crippen LogP contribution in [0.1, 0.15) is 37.9 Å². The number of hydrogen-bond donors (Lipinski definition) is 1. The van der Waals surface area contributed by atoms with Crippen molar-refractivity contribution in [3.05, 3.63) is 16.1 Å². The maximum absolute atomic E-state index is 4.64.